The smallest absolute Gasteiger partial charge is 0.227 e. The Morgan fingerprint density at radius 3 is 2.46 bits per heavy atom. The molecule has 0 radical (unpaired) electrons. The molecule has 3 heterocycles. The van der Waals surface area contributed by atoms with Crippen LogP contribution in [0.3, 0.4) is 0 Å². The van der Waals surface area contributed by atoms with Crippen molar-refractivity contribution in [1.29, 1.82) is 0 Å². The summed E-state index contributed by atoms with van der Waals surface area (Å²) >= 11 is 0. The van der Waals surface area contributed by atoms with Crippen molar-refractivity contribution in [2.45, 2.75) is 64.0 Å². The molecular weight excluding hydrogens is 460 g/mol. The maximum Gasteiger partial charge on any atom is 0.227 e. The molecule has 1 saturated carbocycles. The third-order valence-corrected chi connectivity index (χ3v) is 8.86. The SMILES string of the molecule is CC(=O)n1ccc2c(N3CCN(C(C(=O)C4CCCCC4)C4CCc5ccccc5N4)CC3)cccc21. The van der Waals surface area contributed by atoms with Crippen LogP contribution >= 0.6 is 0 Å². The molecule has 0 amide bonds. The highest BCUT2D eigenvalue weighted by Crippen LogP contribution is 2.34. The Bertz CT molecular complexity index is 1280. The average Bonchev–Trinajstić information content (AvgIpc) is 3.39. The van der Waals surface area contributed by atoms with Crippen molar-refractivity contribution in [3.05, 3.63) is 60.3 Å². The van der Waals surface area contributed by atoms with Gasteiger partial charge in [-0.2, -0.15) is 0 Å². The summed E-state index contributed by atoms with van der Waals surface area (Å²) in [7, 11) is 0. The van der Waals surface area contributed by atoms with Crippen LogP contribution in [0.2, 0.25) is 0 Å². The second-order valence-electron chi connectivity index (χ2n) is 11.1. The lowest BCUT2D eigenvalue weighted by Crippen LogP contribution is -2.60. The number of piperazine rings is 1. The van der Waals surface area contributed by atoms with Crippen molar-refractivity contribution in [1.82, 2.24) is 9.47 Å². The van der Waals surface area contributed by atoms with Crippen molar-refractivity contribution >= 4 is 34.0 Å². The van der Waals surface area contributed by atoms with E-state index in [0.717, 1.165) is 62.8 Å². The number of nitrogens with zero attached hydrogens (tertiary/aromatic N) is 3. The number of nitrogens with one attached hydrogen (secondary N) is 1. The summed E-state index contributed by atoms with van der Waals surface area (Å²) < 4.78 is 1.72. The third kappa shape index (κ3) is 4.68. The number of fused-ring (bicyclic) bond motifs is 2. The van der Waals surface area contributed by atoms with Gasteiger partial charge in [0, 0.05) is 68.0 Å². The van der Waals surface area contributed by atoms with Crippen LogP contribution in [-0.2, 0) is 11.2 Å². The normalized spacial score (nSPS) is 21.9. The molecule has 1 aliphatic carbocycles. The van der Waals surface area contributed by atoms with Gasteiger partial charge in [0.05, 0.1) is 11.6 Å². The number of aromatic nitrogens is 1. The molecule has 0 bridgehead atoms. The number of aryl methyl sites for hydroxylation is 1. The Hall–Kier alpha value is -3.12. The average molecular weight is 499 g/mol. The summed E-state index contributed by atoms with van der Waals surface area (Å²) in [6.07, 6.45) is 9.62. The van der Waals surface area contributed by atoms with Gasteiger partial charge in [0.25, 0.3) is 0 Å². The van der Waals surface area contributed by atoms with E-state index < -0.39 is 0 Å². The lowest BCUT2D eigenvalue weighted by molar-refractivity contribution is -0.130. The molecule has 2 fully saturated rings. The largest absolute Gasteiger partial charge is 0.380 e. The molecule has 2 atom stereocenters. The summed E-state index contributed by atoms with van der Waals surface area (Å²) in [6, 6.07) is 16.9. The molecule has 1 aromatic heterocycles. The predicted octanol–water partition coefficient (Wildman–Crippen LogP) is 5.37. The highest BCUT2D eigenvalue weighted by molar-refractivity contribution is 5.98. The molecule has 194 valence electrons. The molecule has 6 heteroatoms. The van der Waals surface area contributed by atoms with Gasteiger partial charge in [-0.25, -0.2) is 0 Å². The Labute approximate surface area is 219 Å². The van der Waals surface area contributed by atoms with Gasteiger partial charge >= 0.3 is 0 Å². The van der Waals surface area contributed by atoms with Gasteiger partial charge in [0.15, 0.2) is 5.78 Å². The Balaban J connectivity index is 1.23. The standard InChI is InChI=1S/C31H38N4O2/c1-22(36)35-17-16-25-28(12-7-13-29(25)35)33-18-20-34(21-19-33)30(31(37)24-9-3-2-4-10-24)27-15-14-23-8-5-6-11-26(23)32-27/h5-8,11-13,16-17,24,27,30,32H,2-4,9-10,14-15,18-21H2,1H3. The summed E-state index contributed by atoms with van der Waals surface area (Å²) in [6.45, 7) is 5.09. The molecule has 37 heavy (non-hydrogen) atoms. The van der Waals surface area contributed by atoms with Gasteiger partial charge in [-0.1, -0.05) is 43.5 Å². The number of hydrogen-bond acceptors (Lipinski definition) is 5. The quantitative estimate of drug-likeness (QED) is 0.513. The molecule has 1 saturated heterocycles. The van der Waals surface area contributed by atoms with Gasteiger partial charge in [-0.05, 0) is 55.5 Å². The molecule has 2 aromatic carbocycles. The summed E-state index contributed by atoms with van der Waals surface area (Å²) in [5, 5.41) is 4.90. The molecule has 2 aliphatic heterocycles. The fourth-order valence-electron chi connectivity index (χ4n) is 6.90. The maximum atomic E-state index is 14.1. The highest BCUT2D eigenvalue weighted by Gasteiger charge is 2.40. The van der Waals surface area contributed by atoms with Gasteiger partial charge in [0.1, 0.15) is 0 Å². The van der Waals surface area contributed by atoms with Gasteiger partial charge < -0.3 is 10.2 Å². The minimum absolute atomic E-state index is 0.0302. The highest BCUT2D eigenvalue weighted by atomic mass is 16.1. The molecular formula is C31H38N4O2. The van der Waals surface area contributed by atoms with E-state index in [1.165, 1.54) is 36.2 Å². The van der Waals surface area contributed by atoms with Crippen LogP contribution in [0, 0.1) is 5.92 Å². The van der Waals surface area contributed by atoms with Crippen LogP contribution in [-0.4, -0.2) is 59.4 Å². The molecule has 1 N–H and O–H groups in total. The number of carbonyl (C=O) groups excluding carboxylic acids is 2. The second kappa shape index (κ2) is 10.3. The Morgan fingerprint density at radius 1 is 0.892 bits per heavy atom. The fourth-order valence-corrected chi connectivity index (χ4v) is 6.90. The van der Waals surface area contributed by atoms with E-state index in [4.69, 9.17) is 0 Å². The van der Waals surface area contributed by atoms with Crippen molar-refractivity contribution in [2.24, 2.45) is 5.92 Å². The zero-order valence-corrected chi connectivity index (χ0v) is 21.9. The van der Waals surface area contributed by atoms with Crippen LogP contribution < -0.4 is 10.2 Å². The van der Waals surface area contributed by atoms with E-state index in [2.05, 4.69) is 51.5 Å². The van der Waals surface area contributed by atoms with Gasteiger partial charge in [-0.3, -0.25) is 19.1 Å². The van der Waals surface area contributed by atoms with Crippen molar-refractivity contribution < 1.29 is 9.59 Å². The topological polar surface area (TPSA) is 57.6 Å². The fraction of sp³-hybridized carbons (Fsp3) is 0.484. The monoisotopic (exact) mass is 498 g/mol. The lowest BCUT2D eigenvalue weighted by atomic mass is 9.80. The number of para-hydroxylation sites is 1. The summed E-state index contributed by atoms with van der Waals surface area (Å²) in [5.41, 5.74) is 4.69. The Morgan fingerprint density at radius 2 is 1.68 bits per heavy atom. The number of hydrogen-bond donors (Lipinski definition) is 1. The third-order valence-electron chi connectivity index (χ3n) is 8.86. The Kier molecular flexibility index (Phi) is 6.76. The van der Waals surface area contributed by atoms with E-state index in [1.807, 2.05) is 18.3 Å². The molecule has 3 aliphatic rings. The number of anilines is 2. The lowest BCUT2D eigenvalue weighted by Gasteiger charge is -2.45. The first-order valence-corrected chi connectivity index (χ1v) is 14.1. The van der Waals surface area contributed by atoms with Crippen LogP contribution in [0.25, 0.3) is 10.9 Å². The van der Waals surface area contributed by atoms with E-state index in [1.54, 1.807) is 11.5 Å². The molecule has 0 spiro atoms. The molecule has 6 rings (SSSR count). The van der Waals surface area contributed by atoms with Crippen LogP contribution in [0.5, 0.6) is 0 Å². The van der Waals surface area contributed by atoms with E-state index in [9.17, 15) is 9.59 Å². The maximum absolute atomic E-state index is 14.1. The van der Waals surface area contributed by atoms with E-state index in [0.29, 0.717) is 5.78 Å². The van der Waals surface area contributed by atoms with Crippen LogP contribution in [0.4, 0.5) is 11.4 Å². The minimum Gasteiger partial charge on any atom is -0.380 e. The number of carbonyl (C=O) groups is 2. The van der Waals surface area contributed by atoms with Crippen molar-refractivity contribution in [3.63, 3.8) is 0 Å². The minimum atomic E-state index is -0.0757. The van der Waals surface area contributed by atoms with Gasteiger partial charge in [0.2, 0.25) is 5.91 Å². The number of Topliss-reactive ketones (excluding diaryl/α,β-unsaturated/α-hetero) is 1. The first-order valence-electron chi connectivity index (χ1n) is 14.1. The number of rotatable bonds is 5. The number of benzene rings is 2. The second-order valence-corrected chi connectivity index (χ2v) is 11.1. The first-order chi connectivity index (χ1) is 18.1. The molecule has 2 unspecified atom stereocenters. The van der Waals surface area contributed by atoms with Gasteiger partial charge in [-0.15, -0.1) is 0 Å². The zero-order chi connectivity index (χ0) is 25.4. The zero-order valence-electron chi connectivity index (χ0n) is 21.9. The van der Waals surface area contributed by atoms with Crippen molar-refractivity contribution in [2.75, 3.05) is 36.4 Å². The number of ketones is 1. The van der Waals surface area contributed by atoms with Crippen LogP contribution in [0.1, 0.15) is 55.8 Å². The summed E-state index contributed by atoms with van der Waals surface area (Å²) in [5.74, 6) is 0.698. The summed E-state index contributed by atoms with van der Waals surface area (Å²) in [4.78, 5) is 31.0. The predicted molar refractivity (Wildman–Crippen MR) is 150 cm³/mol. The molecule has 6 nitrogen and oxygen atoms in total. The van der Waals surface area contributed by atoms with Crippen LogP contribution in [0.15, 0.2) is 54.7 Å². The van der Waals surface area contributed by atoms with E-state index >= 15 is 0 Å². The van der Waals surface area contributed by atoms with Crippen molar-refractivity contribution in [3.8, 4) is 0 Å². The van der Waals surface area contributed by atoms with E-state index in [-0.39, 0.29) is 23.9 Å². The first kappa shape index (κ1) is 24.2. The molecule has 3 aromatic rings.